The summed E-state index contributed by atoms with van der Waals surface area (Å²) in [6, 6.07) is 0. The molecule has 3 unspecified atom stereocenters. The molecule has 0 saturated heterocycles. The standard InChI is InChI=1S/C16H28O2/c1-12(2)13-7-6-8-14(11-13)15(17)18-16(3)9-4-5-10-16/h6,8,12-15,17H,4-5,7,9-11H2,1-3H3. The molecule has 1 fully saturated rings. The Morgan fingerprint density at radius 1 is 1.28 bits per heavy atom. The van der Waals surface area contributed by atoms with E-state index in [4.69, 9.17) is 4.74 Å². The van der Waals surface area contributed by atoms with Crippen LogP contribution >= 0.6 is 0 Å². The highest BCUT2D eigenvalue weighted by molar-refractivity contribution is 4.98. The number of allylic oxidation sites excluding steroid dienone is 1. The molecule has 2 heteroatoms. The van der Waals surface area contributed by atoms with Crippen LogP contribution < -0.4 is 0 Å². The lowest BCUT2D eigenvalue weighted by atomic mass is 9.80. The molecule has 0 radical (unpaired) electrons. The van der Waals surface area contributed by atoms with Gasteiger partial charge in [-0.25, -0.2) is 0 Å². The van der Waals surface area contributed by atoms with Gasteiger partial charge in [-0.15, -0.1) is 0 Å². The summed E-state index contributed by atoms with van der Waals surface area (Å²) in [5, 5.41) is 10.3. The third kappa shape index (κ3) is 3.36. The Morgan fingerprint density at radius 2 is 1.94 bits per heavy atom. The number of ether oxygens (including phenoxy) is 1. The Morgan fingerprint density at radius 3 is 2.56 bits per heavy atom. The quantitative estimate of drug-likeness (QED) is 0.607. The van der Waals surface area contributed by atoms with Gasteiger partial charge in [0.05, 0.1) is 5.60 Å². The van der Waals surface area contributed by atoms with Gasteiger partial charge >= 0.3 is 0 Å². The highest BCUT2D eigenvalue weighted by atomic mass is 16.6. The van der Waals surface area contributed by atoms with Crippen LogP contribution in [0.3, 0.4) is 0 Å². The summed E-state index contributed by atoms with van der Waals surface area (Å²) in [6.07, 6.45) is 10.6. The van der Waals surface area contributed by atoms with Gasteiger partial charge in [-0.1, -0.05) is 38.8 Å². The van der Waals surface area contributed by atoms with Crippen molar-refractivity contribution in [3.05, 3.63) is 12.2 Å². The Bertz CT molecular complexity index is 289. The maximum Gasteiger partial charge on any atom is 0.161 e. The average molecular weight is 252 g/mol. The lowest BCUT2D eigenvalue weighted by Gasteiger charge is -2.34. The van der Waals surface area contributed by atoms with E-state index >= 15 is 0 Å². The van der Waals surface area contributed by atoms with Crippen LogP contribution in [0.25, 0.3) is 0 Å². The van der Waals surface area contributed by atoms with Gasteiger partial charge in [0, 0.05) is 5.92 Å². The van der Waals surface area contributed by atoms with Gasteiger partial charge in [0.2, 0.25) is 0 Å². The molecule has 0 spiro atoms. The molecule has 2 aliphatic rings. The first kappa shape index (κ1) is 14.1. The number of rotatable bonds is 4. The van der Waals surface area contributed by atoms with Crippen molar-refractivity contribution < 1.29 is 9.84 Å². The highest BCUT2D eigenvalue weighted by Crippen LogP contribution is 2.37. The van der Waals surface area contributed by atoms with Crippen LogP contribution in [0.2, 0.25) is 0 Å². The van der Waals surface area contributed by atoms with Crippen LogP contribution in [0.15, 0.2) is 12.2 Å². The van der Waals surface area contributed by atoms with Crippen LogP contribution in [0.4, 0.5) is 0 Å². The second-order valence-corrected chi connectivity index (χ2v) is 6.73. The fourth-order valence-corrected chi connectivity index (χ4v) is 3.33. The first-order chi connectivity index (χ1) is 8.50. The van der Waals surface area contributed by atoms with E-state index in [1.807, 2.05) is 0 Å². The zero-order valence-corrected chi connectivity index (χ0v) is 12.1. The maximum absolute atomic E-state index is 10.3. The second-order valence-electron chi connectivity index (χ2n) is 6.73. The van der Waals surface area contributed by atoms with Crippen molar-refractivity contribution in [3.63, 3.8) is 0 Å². The first-order valence-electron chi connectivity index (χ1n) is 7.53. The first-order valence-corrected chi connectivity index (χ1v) is 7.53. The molecular weight excluding hydrogens is 224 g/mol. The summed E-state index contributed by atoms with van der Waals surface area (Å²) < 4.78 is 5.97. The van der Waals surface area contributed by atoms with Crippen molar-refractivity contribution >= 4 is 0 Å². The van der Waals surface area contributed by atoms with Crippen LogP contribution in [0.5, 0.6) is 0 Å². The van der Waals surface area contributed by atoms with Crippen molar-refractivity contribution in [2.24, 2.45) is 17.8 Å². The highest BCUT2D eigenvalue weighted by Gasteiger charge is 2.35. The molecule has 3 atom stereocenters. The molecule has 2 aliphatic carbocycles. The zero-order chi connectivity index (χ0) is 13.2. The summed E-state index contributed by atoms with van der Waals surface area (Å²) in [5.74, 6) is 1.56. The van der Waals surface area contributed by atoms with Gasteiger partial charge in [-0.05, 0) is 44.4 Å². The Labute approximate surface area is 111 Å². The van der Waals surface area contributed by atoms with E-state index in [1.165, 1.54) is 12.8 Å². The fourth-order valence-electron chi connectivity index (χ4n) is 3.33. The largest absolute Gasteiger partial charge is 0.367 e. The molecule has 0 aromatic heterocycles. The Balaban J connectivity index is 1.90. The van der Waals surface area contributed by atoms with Gasteiger partial charge in [0.15, 0.2) is 6.29 Å². The summed E-state index contributed by atoms with van der Waals surface area (Å²) in [6.45, 7) is 6.69. The molecule has 0 amide bonds. The smallest absolute Gasteiger partial charge is 0.161 e. The van der Waals surface area contributed by atoms with E-state index < -0.39 is 6.29 Å². The maximum atomic E-state index is 10.3. The molecular formula is C16H28O2. The van der Waals surface area contributed by atoms with Gasteiger partial charge in [0.25, 0.3) is 0 Å². The van der Waals surface area contributed by atoms with Crippen LogP contribution in [-0.4, -0.2) is 17.0 Å². The predicted molar refractivity (Wildman–Crippen MR) is 74.2 cm³/mol. The molecule has 104 valence electrons. The third-order valence-corrected chi connectivity index (χ3v) is 4.77. The summed E-state index contributed by atoms with van der Waals surface area (Å²) in [4.78, 5) is 0. The molecule has 0 aromatic carbocycles. The number of hydrogen-bond donors (Lipinski definition) is 1. The van der Waals surface area contributed by atoms with Crippen molar-refractivity contribution in [2.45, 2.75) is 71.2 Å². The normalized spacial score (nSPS) is 32.9. The molecule has 2 nitrogen and oxygen atoms in total. The molecule has 0 heterocycles. The van der Waals surface area contributed by atoms with Crippen LogP contribution in [0.1, 0.15) is 59.3 Å². The monoisotopic (exact) mass is 252 g/mol. The van der Waals surface area contributed by atoms with Gasteiger partial charge in [0.1, 0.15) is 0 Å². The third-order valence-electron chi connectivity index (χ3n) is 4.77. The van der Waals surface area contributed by atoms with E-state index in [0.717, 1.165) is 25.7 Å². The zero-order valence-electron chi connectivity index (χ0n) is 12.1. The number of hydrogen-bond acceptors (Lipinski definition) is 2. The fraction of sp³-hybridized carbons (Fsp3) is 0.875. The molecule has 2 rings (SSSR count). The molecule has 1 saturated carbocycles. The van der Waals surface area contributed by atoms with Crippen molar-refractivity contribution in [3.8, 4) is 0 Å². The van der Waals surface area contributed by atoms with E-state index in [2.05, 4.69) is 32.9 Å². The predicted octanol–water partition coefficient (Wildman–Crippen LogP) is 3.89. The van der Waals surface area contributed by atoms with E-state index in [1.54, 1.807) is 0 Å². The minimum Gasteiger partial charge on any atom is -0.367 e. The van der Waals surface area contributed by atoms with Crippen molar-refractivity contribution in [2.75, 3.05) is 0 Å². The van der Waals surface area contributed by atoms with E-state index in [0.29, 0.717) is 11.8 Å². The average Bonchev–Trinajstić information content (AvgIpc) is 2.76. The molecule has 0 bridgehead atoms. The van der Waals surface area contributed by atoms with Crippen LogP contribution in [-0.2, 0) is 4.74 Å². The minimum absolute atomic E-state index is 0.0853. The SMILES string of the molecule is CC(C)C1CC=CC(C(O)OC2(C)CCCC2)C1. The molecule has 18 heavy (non-hydrogen) atoms. The summed E-state index contributed by atoms with van der Waals surface area (Å²) in [7, 11) is 0. The lowest BCUT2D eigenvalue weighted by molar-refractivity contribution is -0.197. The van der Waals surface area contributed by atoms with Gasteiger partial charge < -0.3 is 9.84 Å². The minimum atomic E-state index is -0.620. The molecule has 0 aromatic rings. The number of aliphatic hydroxyl groups excluding tert-OH is 1. The van der Waals surface area contributed by atoms with E-state index in [9.17, 15) is 5.11 Å². The Hall–Kier alpha value is -0.340. The second kappa shape index (κ2) is 5.75. The van der Waals surface area contributed by atoms with Gasteiger partial charge in [-0.3, -0.25) is 0 Å². The van der Waals surface area contributed by atoms with Gasteiger partial charge in [-0.2, -0.15) is 0 Å². The van der Waals surface area contributed by atoms with E-state index in [-0.39, 0.29) is 11.5 Å². The van der Waals surface area contributed by atoms with Crippen LogP contribution in [0, 0.1) is 17.8 Å². The topological polar surface area (TPSA) is 29.5 Å². The molecule has 1 N–H and O–H groups in total. The van der Waals surface area contributed by atoms with Crippen molar-refractivity contribution in [1.29, 1.82) is 0 Å². The summed E-state index contributed by atoms with van der Waals surface area (Å²) in [5.41, 5.74) is -0.0853. The Kier molecular flexibility index (Phi) is 4.50. The molecule has 0 aliphatic heterocycles. The van der Waals surface area contributed by atoms with Crippen molar-refractivity contribution in [1.82, 2.24) is 0 Å². The summed E-state index contributed by atoms with van der Waals surface area (Å²) >= 11 is 0. The lowest BCUT2D eigenvalue weighted by Crippen LogP contribution is -2.36. The number of aliphatic hydroxyl groups is 1.